The van der Waals surface area contributed by atoms with Gasteiger partial charge in [0.25, 0.3) is 0 Å². The molecule has 0 aliphatic heterocycles. The second kappa shape index (κ2) is 3.83. The Kier molecular flexibility index (Phi) is 2.32. The molecule has 2 aromatic rings. The summed E-state index contributed by atoms with van der Waals surface area (Å²) < 4.78 is 2.17. The Morgan fingerprint density at radius 2 is 2.31 bits per heavy atom. The molecule has 0 aromatic carbocycles. The molecule has 1 aliphatic rings. The summed E-state index contributed by atoms with van der Waals surface area (Å²) in [6.07, 6.45) is 8.75. The van der Waals surface area contributed by atoms with Crippen molar-refractivity contribution in [3.8, 4) is 0 Å². The third kappa shape index (κ3) is 1.48. The Bertz CT molecular complexity index is 492. The molecule has 0 bridgehead atoms. The van der Waals surface area contributed by atoms with Crippen LogP contribution in [0.1, 0.15) is 25.3 Å². The summed E-state index contributed by atoms with van der Waals surface area (Å²) in [4.78, 5) is 12.6. The molecule has 2 N–H and O–H groups in total. The van der Waals surface area contributed by atoms with Crippen molar-refractivity contribution in [1.29, 1.82) is 0 Å². The van der Waals surface area contributed by atoms with Crippen molar-refractivity contribution in [2.24, 2.45) is 11.7 Å². The molecular weight excluding hydrogens is 202 g/mol. The van der Waals surface area contributed by atoms with Gasteiger partial charge >= 0.3 is 0 Å². The molecule has 2 atom stereocenters. The van der Waals surface area contributed by atoms with Crippen LogP contribution in [0.2, 0.25) is 0 Å². The quantitative estimate of drug-likeness (QED) is 0.818. The van der Waals surface area contributed by atoms with Crippen molar-refractivity contribution in [2.75, 3.05) is 6.54 Å². The van der Waals surface area contributed by atoms with Gasteiger partial charge in [0.15, 0.2) is 5.65 Å². The third-order valence-electron chi connectivity index (χ3n) is 3.48. The largest absolute Gasteiger partial charge is 0.330 e. The van der Waals surface area contributed by atoms with Gasteiger partial charge in [-0.1, -0.05) is 0 Å². The van der Waals surface area contributed by atoms with Crippen LogP contribution in [0.15, 0.2) is 18.9 Å². The molecule has 5 nitrogen and oxygen atoms in total. The Morgan fingerprint density at radius 3 is 3.12 bits per heavy atom. The topological polar surface area (TPSA) is 69.6 Å². The first kappa shape index (κ1) is 9.72. The maximum Gasteiger partial charge on any atom is 0.163 e. The number of imidazole rings is 1. The van der Waals surface area contributed by atoms with Crippen LogP contribution in [0, 0.1) is 5.92 Å². The molecule has 3 rings (SSSR count). The van der Waals surface area contributed by atoms with Crippen LogP contribution in [0.4, 0.5) is 0 Å². The van der Waals surface area contributed by atoms with Crippen molar-refractivity contribution >= 4 is 11.2 Å². The first-order valence-corrected chi connectivity index (χ1v) is 5.71. The summed E-state index contributed by atoms with van der Waals surface area (Å²) >= 11 is 0. The fourth-order valence-electron chi connectivity index (χ4n) is 2.57. The second-order valence-electron chi connectivity index (χ2n) is 4.45. The molecule has 0 amide bonds. The lowest BCUT2D eigenvalue weighted by Crippen LogP contribution is -2.12. The van der Waals surface area contributed by atoms with E-state index in [1.54, 1.807) is 12.5 Å². The highest BCUT2D eigenvalue weighted by Gasteiger charge is 2.26. The summed E-state index contributed by atoms with van der Waals surface area (Å²) in [6.45, 7) is 0.790. The van der Waals surface area contributed by atoms with E-state index >= 15 is 0 Å². The van der Waals surface area contributed by atoms with E-state index in [0.717, 1.165) is 24.1 Å². The highest BCUT2D eigenvalue weighted by molar-refractivity contribution is 5.69. The Balaban J connectivity index is 1.95. The summed E-state index contributed by atoms with van der Waals surface area (Å²) in [5.41, 5.74) is 7.53. The summed E-state index contributed by atoms with van der Waals surface area (Å²) in [5, 5.41) is 0. The van der Waals surface area contributed by atoms with Gasteiger partial charge in [-0.05, 0) is 31.7 Å². The van der Waals surface area contributed by atoms with E-state index in [2.05, 4.69) is 19.5 Å². The monoisotopic (exact) mass is 217 g/mol. The summed E-state index contributed by atoms with van der Waals surface area (Å²) in [5.74, 6) is 0.657. The van der Waals surface area contributed by atoms with E-state index < -0.39 is 0 Å². The number of nitrogens with two attached hydrogens (primary N) is 1. The SMILES string of the molecule is NCC1CCC(n2cnc3cncnc32)C1. The van der Waals surface area contributed by atoms with Gasteiger partial charge in [0.2, 0.25) is 0 Å². The Hall–Kier alpha value is -1.49. The van der Waals surface area contributed by atoms with E-state index in [4.69, 9.17) is 5.73 Å². The third-order valence-corrected chi connectivity index (χ3v) is 3.48. The van der Waals surface area contributed by atoms with Gasteiger partial charge in [-0.2, -0.15) is 0 Å². The summed E-state index contributed by atoms with van der Waals surface area (Å²) in [6, 6.07) is 0.508. The predicted molar refractivity (Wildman–Crippen MR) is 60.8 cm³/mol. The van der Waals surface area contributed by atoms with Crippen molar-refractivity contribution in [3.05, 3.63) is 18.9 Å². The van der Waals surface area contributed by atoms with E-state index in [1.807, 2.05) is 6.33 Å². The second-order valence-corrected chi connectivity index (χ2v) is 4.45. The van der Waals surface area contributed by atoms with Gasteiger partial charge in [0, 0.05) is 6.04 Å². The fourth-order valence-corrected chi connectivity index (χ4v) is 2.57. The van der Waals surface area contributed by atoms with Gasteiger partial charge in [-0.25, -0.2) is 15.0 Å². The van der Waals surface area contributed by atoms with Gasteiger partial charge in [0.05, 0.1) is 12.5 Å². The van der Waals surface area contributed by atoms with Crippen molar-refractivity contribution in [2.45, 2.75) is 25.3 Å². The van der Waals surface area contributed by atoms with Gasteiger partial charge in [-0.15, -0.1) is 0 Å². The molecule has 0 radical (unpaired) electrons. The molecular formula is C11H15N5. The minimum atomic E-state index is 0.508. The van der Waals surface area contributed by atoms with Crippen LogP contribution in [0.3, 0.4) is 0 Å². The lowest BCUT2D eigenvalue weighted by Gasteiger charge is -2.12. The number of fused-ring (bicyclic) bond motifs is 1. The number of hydrogen-bond acceptors (Lipinski definition) is 4. The highest BCUT2D eigenvalue weighted by Crippen LogP contribution is 2.35. The fraction of sp³-hybridized carbons (Fsp3) is 0.545. The van der Waals surface area contributed by atoms with E-state index in [1.165, 1.54) is 12.8 Å². The number of aromatic nitrogens is 4. The van der Waals surface area contributed by atoms with Gasteiger partial charge in [0.1, 0.15) is 11.8 Å². The zero-order valence-corrected chi connectivity index (χ0v) is 9.08. The van der Waals surface area contributed by atoms with E-state index in [9.17, 15) is 0 Å². The van der Waals surface area contributed by atoms with Crippen LogP contribution < -0.4 is 5.73 Å². The number of nitrogens with zero attached hydrogens (tertiary/aromatic N) is 4. The molecule has 16 heavy (non-hydrogen) atoms. The zero-order valence-electron chi connectivity index (χ0n) is 9.08. The molecule has 1 aliphatic carbocycles. The zero-order chi connectivity index (χ0) is 11.0. The van der Waals surface area contributed by atoms with Crippen molar-refractivity contribution < 1.29 is 0 Å². The van der Waals surface area contributed by atoms with Crippen molar-refractivity contribution in [1.82, 2.24) is 19.5 Å². The molecule has 2 aromatic heterocycles. The Labute approximate surface area is 93.7 Å². The smallest absolute Gasteiger partial charge is 0.163 e. The van der Waals surface area contributed by atoms with Crippen molar-refractivity contribution in [3.63, 3.8) is 0 Å². The molecule has 0 saturated heterocycles. The van der Waals surface area contributed by atoms with Gasteiger partial charge < -0.3 is 10.3 Å². The van der Waals surface area contributed by atoms with Gasteiger partial charge in [-0.3, -0.25) is 0 Å². The standard InChI is InChI=1S/C11H15N5/c12-4-8-1-2-9(3-8)16-7-15-10-5-13-6-14-11(10)16/h5-9H,1-4,12H2. The Morgan fingerprint density at radius 1 is 1.38 bits per heavy atom. The lowest BCUT2D eigenvalue weighted by atomic mass is 10.1. The molecule has 5 heteroatoms. The molecule has 2 heterocycles. The number of rotatable bonds is 2. The molecule has 0 spiro atoms. The minimum Gasteiger partial charge on any atom is -0.330 e. The molecule has 1 saturated carbocycles. The maximum absolute atomic E-state index is 5.71. The average molecular weight is 217 g/mol. The van der Waals surface area contributed by atoms with Crippen LogP contribution in [-0.4, -0.2) is 26.1 Å². The van der Waals surface area contributed by atoms with E-state index in [0.29, 0.717) is 12.0 Å². The molecule has 1 fully saturated rings. The van der Waals surface area contributed by atoms with E-state index in [-0.39, 0.29) is 0 Å². The van der Waals surface area contributed by atoms with Crippen LogP contribution in [-0.2, 0) is 0 Å². The predicted octanol–water partition coefficient (Wildman–Crippen LogP) is 1.13. The lowest BCUT2D eigenvalue weighted by molar-refractivity contribution is 0.488. The first-order valence-electron chi connectivity index (χ1n) is 5.71. The normalized spacial score (nSPS) is 25.3. The molecule has 2 unspecified atom stereocenters. The van der Waals surface area contributed by atoms with Crippen LogP contribution >= 0.6 is 0 Å². The average Bonchev–Trinajstić information content (AvgIpc) is 2.94. The van der Waals surface area contributed by atoms with Crippen LogP contribution in [0.5, 0.6) is 0 Å². The number of hydrogen-bond donors (Lipinski definition) is 1. The highest BCUT2D eigenvalue weighted by atomic mass is 15.1. The minimum absolute atomic E-state index is 0.508. The van der Waals surface area contributed by atoms with Crippen LogP contribution in [0.25, 0.3) is 11.2 Å². The summed E-state index contributed by atoms with van der Waals surface area (Å²) in [7, 11) is 0. The molecule has 84 valence electrons. The maximum atomic E-state index is 5.71. The first-order chi connectivity index (χ1) is 7.88.